The van der Waals surface area contributed by atoms with Crippen molar-refractivity contribution in [2.45, 2.75) is 12.8 Å². The van der Waals surface area contributed by atoms with Crippen LogP contribution >= 0.6 is 0 Å². The zero-order chi connectivity index (χ0) is 13.7. The second kappa shape index (κ2) is 6.35. The van der Waals surface area contributed by atoms with Crippen molar-refractivity contribution in [3.8, 4) is 6.07 Å². The van der Waals surface area contributed by atoms with Crippen LogP contribution in [0.1, 0.15) is 17.5 Å². The van der Waals surface area contributed by atoms with E-state index in [-0.39, 0.29) is 5.91 Å². The molecule has 1 amide bonds. The van der Waals surface area contributed by atoms with E-state index in [0.29, 0.717) is 12.1 Å². The number of likely N-dealkylation sites (N-methyl/N-ethyl adjacent to an activating group) is 1. The highest BCUT2D eigenvalue weighted by atomic mass is 16.2. The second-order valence-electron chi connectivity index (χ2n) is 5.03. The standard InChI is InChI=1S/C15H19N3O/c1-17-9-10-18(15(19)12-17)8-2-3-13-4-6-14(11-16)7-5-13/h4-7H,2-3,8-10,12H2,1H3. The quantitative estimate of drug-likeness (QED) is 0.816. The number of rotatable bonds is 4. The van der Waals surface area contributed by atoms with Gasteiger partial charge in [0.2, 0.25) is 5.91 Å². The van der Waals surface area contributed by atoms with E-state index in [1.54, 1.807) is 0 Å². The van der Waals surface area contributed by atoms with Crippen LogP contribution in [0.3, 0.4) is 0 Å². The summed E-state index contributed by atoms with van der Waals surface area (Å²) in [6.45, 7) is 3.16. The molecule has 0 N–H and O–H groups in total. The molecular formula is C15H19N3O. The lowest BCUT2D eigenvalue weighted by Crippen LogP contribution is -2.49. The van der Waals surface area contributed by atoms with E-state index in [9.17, 15) is 4.79 Å². The third-order valence-electron chi connectivity index (χ3n) is 3.49. The molecule has 1 fully saturated rings. The van der Waals surface area contributed by atoms with Gasteiger partial charge in [-0.1, -0.05) is 12.1 Å². The van der Waals surface area contributed by atoms with Gasteiger partial charge < -0.3 is 4.90 Å². The van der Waals surface area contributed by atoms with E-state index in [1.807, 2.05) is 36.2 Å². The van der Waals surface area contributed by atoms with Crippen LogP contribution in [0.4, 0.5) is 0 Å². The number of piperazine rings is 1. The summed E-state index contributed by atoms with van der Waals surface area (Å²) in [4.78, 5) is 15.8. The molecule has 4 heteroatoms. The van der Waals surface area contributed by atoms with Crippen molar-refractivity contribution in [2.24, 2.45) is 0 Å². The number of carbonyl (C=O) groups excluding carboxylic acids is 1. The molecule has 0 spiro atoms. The topological polar surface area (TPSA) is 47.3 Å². The third-order valence-corrected chi connectivity index (χ3v) is 3.49. The molecular weight excluding hydrogens is 238 g/mol. The molecule has 0 saturated carbocycles. The zero-order valence-corrected chi connectivity index (χ0v) is 11.3. The maximum absolute atomic E-state index is 11.8. The number of carbonyl (C=O) groups is 1. The fraction of sp³-hybridized carbons (Fsp3) is 0.467. The van der Waals surface area contributed by atoms with Gasteiger partial charge in [0, 0.05) is 19.6 Å². The van der Waals surface area contributed by atoms with Gasteiger partial charge in [-0.25, -0.2) is 0 Å². The summed E-state index contributed by atoms with van der Waals surface area (Å²) in [5.41, 5.74) is 1.92. The first-order valence-electron chi connectivity index (χ1n) is 6.64. The molecule has 0 bridgehead atoms. The molecule has 19 heavy (non-hydrogen) atoms. The Hall–Kier alpha value is -1.86. The molecule has 0 aliphatic carbocycles. The van der Waals surface area contributed by atoms with Crippen LogP contribution in [0.25, 0.3) is 0 Å². The highest BCUT2D eigenvalue weighted by molar-refractivity contribution is 5.78. The van der Waals surface area contributed by atoms with Gasteiger partial charge in [-0.2, -0.15) is 5.26 Å². The second-order valence-corrected chi connectivity index (χ2v) is 5.03. The first kappa shape index (κ1) is 13.6. The maximum Gasteiger partial charge on any atom is 0.236 e. The Balaban J connectivity index is 1.77. The average molecular weight is 257 g/mol. The van der Waals surface area contributed by atoms with Crippen molar-refractivity contribution < 1.29 is 4.79 Å². The minimum absolute atomic E-state index is 0.230. The molecule has 0 unspecified atom stereocenters. The van der Waals surface area contributed by atoms with Crippen molar-refractivity contribution in [2.75, 3.05) is 33.2 Å². The molecule has 2 rings (SSSR count). The number of nitrogens with zero attached hydrogens (tertiary/aromatic N) is 3. The van der Waals surface area contributed by atoms with Crippen LogP contribution in [-0.4, -0.2) is 48.9 Å². The number of benzene rings is 1. The van der Waals surface area contributed by atoms with Gasteiger partial charge >= 0.3 is 0 Å². The van der Waals surface area contributed by atoms with E-state index in [0.717, 1.165) is 32.5 Å². The molecule has 0 aromatic heterocycles. The highest BCUT2D eigenvalue weighted by Crippen LogP contribution is 2.08. The van der Waals surface area contributed by atoms with Gasteiger partial charge in [0.1, 0.15) is 0 Å². The summed E-state index contributed by atoms with van der Waals surface area (Å²) in [5.74, 6) is 0.230. The van der Waals surface area contributed by atoms with E-state index in [4.69, 9.17) is 5.26 Å². The van der Waals surface area contributed by atoms with Gasteiger partial charge in [0.25, 0.3) is 0 Å². The lowest BCUT2D eigenvalue weighted by Gasteiger charge is -2.32. The smallest absolute Gasteiger partial charge is 0.236 e. The summed E-state index contributed by atoms with van der Waals surface area (Å²) in [7, 11) is 1.98. The molecule has 1 aromatic rings. The number of hydrogen-bond donors (Lipinski definition) is 0. The highest BCUT2D eigenvalue weighted by Gasteiger charge is 2.20. The lowest BCUT2D eigenvalue weighted by atomic mass is 10.1. The van der Waals surface area contributed by atoms with Crippen molar-refractivity contribution in [3.05, 3.63) is 35.4 Å². The van der Waals surface area contributed by atoms with Crippen molar-refractivity contribution in [1.82, 2.24) is 9.80 Å². The Morgan fingerprint density at radius 2 is 2.00 bits per heavy atom. The van der Waals surface area contributed by atoms with Gasteiger partial charge in [-0.15, -0.1) is 0 Å². The van der Waals surface area contributed by atoms with Gasteiger partial charge in [0.15, 0.2) is 0 Å². The molecule has 1 aromatic carbocycles. The summed E-state index contributed by atoms with van der Waals surface area (Å²) in [6, 6.07) is 9.78. The van der Waals surface area contributed by atoms with Crippen molar-refractivity contribution >= 4 is 5.91 Å². The minimum atomic E-state index is 0.230. The Bertz CT molecular complexity index is 475. The van der Waals surface area contributed by atoms with Crippen molar-refractivity contribution in [3.63, 3.8) is 0 Å². The van der Waals surface area contributed by atoms with Gasteiger partial charge in [-0.3, -0.25) is 9.69 Å². The molecule has 0 radical (unpaired) electrons. The third kappa shape index (κ3) is 3.80. The fourth-order valence-electron chi connectivity index (χ4n) is 2.28. The normalized spacial score (nSPS) is 16.4. The number of amides is 1. The van der Waals surface area contributed by atoms with E-state index in [2.05, 4.69) is 11.0 Å². The Morgan fingerprint density at radius 1 is 1.26 bits per heavy atom. The zero-order valence-electron chi connectivity index (χ0n) is 11.3. The largest absolute Gasteiger partial charge is 0.340 e. The number of aryl methyl sites for hydroxylation is 1. The van der Waals surface area contributed by atoms with Crippen LogP contribution in [0.15, 0.2) is 24.3 Å². The summed E-state index contributed by atoms with van der Waals surface area (Å²) in [5, 5.41) is 8.73. The fourth-order valence-corrected chi connectivity index (χ4v) is 2.28. The molecule has 1 aliphatic heterocycles. The predicted molar refractivity (Wildman–Crippen MR) is 73.6 cm³/mol. The SMILES string of the molecule is CN1CCN(CCCc2ccc(C#N)cc2)C(=O)C1. The molecule has 1 aliphatic rings. The molecule has 4 nitrogen and oxygen atoms in total. The summed E-state index contributed by atoms with van der Waals surface area (Å²) < 4.78 is 0. The molecule has 100 valence electrons. The lowest BCUT2D eigenvalue weighted by molar-refractivity contribution is -0.135. The average Bonchev–Trinajstić information content (AvgIpc) is 2.42. The van der Waals surface area contributed by atoms with Gasteiger partial charge in [0.05, 0.1) is 18.2 Å². The van der Waals surface area contributed by atoms with E-state index < -0.39 is 0 Å². The van der Waals surface area contributed by atoms with Crippen LogP contribution in [0.2, 0.25) is 0 Å². The summed E-state index contributed by atoms with van der Waals surface area (Å²) >= 11 is 0. The number of nitriles is 1. The van der Waals surface area contributed by atoms with E-state index in [1.165, 1.54) is 5.56 Å². The van der Waals surface area contributed by atoms with Crippen LogP contribution in [0.5, 0.6) is 0 Å². The van der Waals surface area contributed by atoms with Crippen molar-refractivity contribution in [1.29, 1.82) is 5.26 Å². The molecule has 1 saturated heterocycles. The Morgan fingerprint density at radius 3 is 2.63 bits per heavy atom. The summed E-state index contributed by atoms with van der Waals surface area (Å²) in [6.07, 6.45) is 1.92. The van der Waals surface area contributed by atoms with Gasteiger partial charge in [-0.05, 0) is 37.6 Å². The van der Waals surface area contributed by atoms with E-state index >= 15 is 0 Å². The number of hydrogen-bond acceptors (Lipinski definition) is 3. The predicted octanol–water partition coefficient (Wildman–Crippen LogP) is 1.26. The molecule has 1 heterocycles. The van der Waals surface area contributed by atoms with Crippen LogP contribution < -0.4 is 0 Å². The monoisotopic (exact) mass is 257 g/mol. The minimum Gasteiger partial charge on any atom is -0.340 e. The van der Waals surface area contributed by atoms with Crippen LogP contribution in [0, 0.1) is 11.3 Å². The first-order valence-corrected chi connectivity index (χ1v) is 6.64. The van der Waals surface area contributed by atoms with Crippen LogP contribution in [-0.2, 0) is 11.2 Å². The first-order chi connectivity index (χ1) is 9.19. The molecule has 0 atom stereocenters. The Labute approximate surface area is 114 Å². The Kier molecular flexibility index (Phi) is 4.53. The maximum atomic E-state index is 11.8.